The summed E-state index contributed by atoms with van der Waals surface area (Å²) in [6, 6.07) is 21.2. The number of ether oxygens (including phenoxy) is 1. The number of nitrogens with zero attached hydrogens (tertiary/aromatic N) is 2. The summed E-state index contributed by atoms with van der Waals surface area (Å²) in [7, 11) is 4.03. The van der Waals surface area contributed by atoms with Crippen LogP contribution in [-0.2, 0) is 6.61 Å². The second-order valence-electron chi connectivity index (χ2n) is 6.23. The van der Waals surface area contributed by atoms with Crippen molar-refractivity contribution in [1.82, 2.24) is 0 Å². The average molecular weight is 399 g/mol. The van der Waals surface area contributed by atoms with E-state index >= 15 is 0 Å². The minimum absolute atomic E-state index is 0.360. The smallest absolute Gasteiger partial charge is 0.128 e. The predicted molar refractivity (Wildman–Crippen MR) is 115 cm³/mol. The molecule has 0 spiro atoms. The quantitative estimate of drug-likeness (QED) is 0.449. The Labute approximate surface area is 169 Å². The summed E-state index contributed by atoms with van der Waals surface area (Å²) in [5, 5.41) is 1.20. The van der Waals surface area contributed by atoms with Crippen LogP contribution in [0.1, 0.15) is 11.1 Å². The molecule has 0 radical (unpaired) electrons. The van der Waals surface area contributed by atoms with E-state index in [4.69, 9.17) is 27.9 Å². The maximum atomic E-state index is 6.22. The molecule has 0 atom stereocenters. The normalized spacial score (nSPS) is 11.0. The highest BCUT2D eigenvalue weighted by atomic mass is 35.5. The molecule has 3 aromatic carbocycles. The van der Waals surface area contributed by atoms with Crippen molar-refractivity contribution in [2.75, 3.05) is 19.0 Å². The standard InChI is InChI=1S/C22H20Cl2N2O/c1-26(2)20-11-9-19(10-12-20)25-14-16-5-3-4-6-22(16)27-15-17-7-8-18(23)13-21(17)24/h3-14H,15H2,1-2H3/b25-14-. The van der Waals surface area contributed by atoms with Crippen LogP contribution in [0.25, 0.3) is 0 Å². The van der Waals surface area contributed by atoms with Crippen molar-refractivity contribution in [2.45, 2.75) is 6.61 Å². The number of halogens is 2. The minimum atomic E-state index is 0.360. The molecule has 0 amide bonds. The number of benzene rings is 3. The zero-order valence-electron chi connectivity index (χ0n) is 15.2. The molecule has 0 saturated heterocycles. The Balaban J connectivity index is 1.73. The Morgan fingerprint density at radius 3 is 2.41 bits per heavy atom. The molecule has 0 N–H and O–H groups in total. The minimum Gasteiger partial charge on any atom is -0.488 e. The molecule has 0 heterocycles. The Morgan fingerprint density at radius 1 is 0.963 bits per heavy atom. The van der Waals surface area contributed by atoms with Crippen molar-refractivity contribution >= 4 is 40.8 Å². The van der Waals surface area contributed by atoms with Gasteiger partial charge in [-0.1, -0.05) is 41.4 Å². The van der Waals surface area contributed by atoms with E-state index < -0.39 is 0 Å². The Hall–Kier alpha value is -2.49. The molecule has 27 heavy (non-hydrogen) atoms. The highest BCUT2D eigenvalue weighted by Gasteiger charge is 2.05. The molecule has 3 nitrogen and oxygen atoms in total. The Kier molecular flexibility index (Phi) is 6.38. The fraction of sp³-hybridized carbons (Fsp3) is 0.136. The van der Waals surface area contributed by atoms with Gasteiger partial charge in [0.1, 0.15) is 12.4 Å². The van der Waals surface area contributed by atoms with E-state index in [9.17, 15) is 0 Å². The van der Waals surface area contributed by atoms with Gasteiger partial charge in [0.2, 0.25) is 0 Å². The summed E-state index contributed by atoms with van der Waals surface area (Å²) in [6.45, 7) is 0.360. The second-order valence-corrected chi connectivity index (χ2v) is 7.07. The zero-order valence-corrected chi connectivity index (χ0v) is 16.7. The van der Waals surface area contributed by atoms with Gasteiger partial charge in [0, 0.05) is 47.2 Å². The van der Waals surface area contributed by atoms with Crippen LogP contribution in [0.5, 0.6) is 5.75 Å². The first-order valence-electron chi connectivity index (χ1n) is 8.50. The summed E-state index contributed by atoms with van der Waals surface area (Å²) in [4.78, 5) is 6.61. The van der Waals surface area contributed by atoms with Gasteiger partial charge in [-0.25, -0.2) is 0 Å². The van der Waals surface area contributed by atoms with E-state index in [2.05, 4.69) is 9.89 Å². The van der Waals surface area contributed by atoms with Crippen molar-refractivity contribution < 1.29 is 4.74 Å². The monoisotopic (exact) mass is 398 g/mol. The van der Waals surface area contributed by atoms with E-state index in [1.807, 2.05) is 74.9 Å². The predicted octanol–water partition coefficient (Wildman–Crippen LogP) is 6.39. The van der Waals surface area contributed by atoms with Crippen LogP contribution in [0, 0.1) is 0 Å². The molecule has 5 heteroatoms. The number of rotatable bonds is 6. The first-order chi connectivity index (χ1) is 13.0. The average Bonchev–Trinajstić information content (AvgIpc) is 2.66. The highest BCUT2D eigenvalue weighted by Crippen LogP contribution is 2.24. The van der Waals surface area contributed by atoms with E-state index in [1.165, 1.54) is 0 Å². The molecule has 3 rings (SSSR count). The van der Waals surface area contributed by atoms with E-state index in [1.54, 1.807) is 12.1 Å². The first kappa shape index (κ1) is 19.3. The van der Waals surface area contributed by atoms with Gasteiger partial charge in [-0.3, -0.25) is 4.99 Å². The van der Waals surface area contributed by atoms with Crippen LogP contribution in [0.3, 0.4) is 0 Å². The van der Waals surface area contributed by atoms with Gasteiger partial charge in [-0.2, -0.15) is 0 Å². The largest absolute Gasteiger partial charge is 0.488 e. The number of anilines is 1. The number of para-hydroxylation sites is 1. The lowest BCUT2D eigenvalue weighted by atomic mass is 10.2. The molecule has 0 aliphatic carbocycles. The fourth-order valence-corrected chi connectivity index (χ4v) is 2.96. The summed E-state index contributed by atoms with van der Waals surface area (Å²) in [5.41, 5.74) is 3.81. The molecule has 0 fully saturated rings. The molecule has 0 aliphatic rings. The number of hydrogen-bond acceptors (Lipinski definition) is 3. The third kappa shape index (κ3) is 5.25. The Morgan fingerprint density at radius 2 is 1.70 bits per heavy atom. The van der Waals surface area contributed by atoms with Crippen LogP contribution in [-0.4, -0.2) is 20.3 Å². The summed E-state index contributed by atoms with van der Waals surface area (Å²) in [6.07, 6.45) is 1.81. The molecule has 0 bridgehead atoms. The molecular formula is C22H20Cl2N2O. The number of aliphatic imine (C=N–C) groups is 1. The van der Waals surface area contributed by atoms with Gasteiger partial charge < -0.3 is 9.64 Å². The van der Waals surface area contributed by atoms with Gasteiger partial charge in [0.25, 0.3) is 0 Å². The van der Waals surface area contributed by atoms with Crippen molar-refractivity contribution in [3.05, 3.63) is 87.9 Å². The maximum absolute atomic E-state index is 6.22. The fourth-order valence-electron chi connectivity index (χ4n) is 2.49. The summed E-state index contributed by atoms with van der Waals surface area (Å²) in [5.74, 6) is 0.747. The lowest BCUT2D eigenvalue weighted by Gasteiger charge is -2.12. The zero-order chi connectivity index (χ0) is 19.2. The first-order valence-corrected chi connectivity index (χ1v) is 9.26. The van der Waals surface area contributed by atoms with Crippen LogP contribution in [0.4, 0.5) is 11.4 Å². The number of hydrogen-bond donors (Lipinski definition) is 0. The van der Waals surface area contributed by atoms with Crippen molar-refractivity contribution in [3.8, 4) is 5.75 Å². The second kappa shape index (κ2) is 8.94. The lowest BCUT2D eigenvalue weighted by molar-refractivity contribution is 0.306. The highest BCUT2D eigenvalue weighted by molar-refractivity contribution is 6.35. The Bertz CT molecular complexity index is 937. The molecule has 0 unspecified atom stereocenters. The van der Waals surface area contributed by atoms with E-state index in [0.717, 1.165) is 28.3 Å². The maximum Gasteiger partial charge on any atom is 0.128 e. The third-order valence-corrected chi connectivity index (χ3v) is 4.62. The molecule has 0 aromatic heterocycles. The van der Waals surface area contributed by atoms with Crippen LogP contribution in [0.2, 0.25) is 10.0 Å². The van der Waals surface area contributed by atoms with E-state index in [-0.39, 0.29) is 0 Å². The van der Waals surface area contributed by atoms with E-state index in [0.29, 0.717) is 16.7 Å². The summed E-state index contributed by atoms with van der Waals surface area (Å²) < 4.78 is 5.96. The topological polar surface area (TPSA) is 24.8 Å². The molecular weight excluding hydrogens is 379 g/mol. The molecule has 3 aromatic rings. The summed E-state index contributed by atoms with van der Waals surface area (Å²) >= 11 is 12.2. The van der Waals surface area contributed by atoms with Gasteiger partial charge in [0.15, 0.2) is 0 Å². The van der Waals surface area contributed by atoms with Crippen LogP contribution < -0.4 is 9.64 Å². The van der Waals surface area contributed by atoms with Gasteiger partial charge in [-0.05, 0) is 48.5 Å². The van der Waals surface area contributed by atoms with Gasteiger partial charge >= 0.3 is 0 Å². The van der Waals surface area contributed by atoms with Crippen LogP contribution in [0.15, 0.2) is 71.7 Å². The van der Waals surface area contributed by atoms with Gasteiger partial charge in [-0.15, -0.1) is 0 Å². The van der Waals surface area contributed by atoms with Crippen molar-refractivity contribution in [2.24, 2.45) is 4.99 Å². The third-order valence-electron chi connectivity index (χ3n) is 4.04. The molecule has 0 aliphatic heterocycles. The molecule has 0 saturated carbocycles. The van der Waals surface area contributed by atoms with Crippen molar-refractivity contribution in [3.63, 3.8) is 0 Å². The SMILES string of the molecule is CN(C)c1ccc(/N=C\c2ccccc2OCc2ccc(Cl)cc2Cl)cc1. The van der Waals surface area contributed by atoms with Crippen molar-refractivity contribution in [1.29, 1.82) is 0 Å². The molecule has 138 valence electrons. The lowest BCUT2D eigenvalue weighted by Crippen LogP contribution is -2.07. The van der Waals surface area contributed by atoms with Gasteiger partial charge in [0.05, 0.1) is 5.69 Å². The van der Waals surface area contributed by atoms with Crippen LogP contribution >= 0.6 is 23.2 Å².